The van der Waals surface area contributed by atoms with Crippen molar-refractivity contribution >= 4 is 11.9 Å². The molecule has 0 radical (unpaired) electrons. The van der Waals surface area contributed by atoms with Crippen molar-refractivity contribution in [2.45, 2.75) is 18.4 Å². The number of piperidine rings is 1. The molecule has 2 saturated heterocycles. The number of hydrogen-bond acceptors (Lipinski definition) is 4. The second-order valence-corrected chi connectivity index (χ2v) is 5.80. The summed E-state index contributed by atoms with van der Waals surface area (Å²) >= 11 is 0. The summed E-state index contributed by atoms with van der Waals surface area (Å²) in [6.45, 7) is 4.62. The topological polar surface area (TPSA) is 81.9 Å². The summed E-state index contributed by atoms with van der Waals surface area (Å²) in [4.78, 5) is 29.6. The molecule has 114 valence electrons. The van der Waals surface area contributed by atoms with Gasteiger partial charge in [0.1, 0.15) is 5.54 Å². The minimum atomic E-state index is -0.578. The van der Waals surface area contributed by atoms with Crippen molar-refractivity contribution in [3.8, 4) is 0 Å². The molecule has 0 bridgehead atoms. The third kappa shape index (κ3) is 2.73. The Morgan fingerprint density at radius 3 is 2.10 bits per heavy atom. The lowest BCUT2D eigenvalue weighted by atomic mass is 9.84. The van der Waals surface area contributed by atoms with Crippen LogP contribution in [-0.2, 0) is 4.79 Å². The summed E-state index contributed by atoms with van der Waals surface area (Å²) in [5, 5.41) is 3.29. The summed E-state index contributed by atoms with van der Waals surface area (Å²) in [5.74, 6) is -0.253. The van der Waals surface area contributed by atoms with Crippen LogP contribution < -0.4 is 11.1 Å². The van der Waals surface area contributed by atoms with Crippen molar-refractivity contribution < 1.29 is 9.59 Å². The molecule has 2 aliphatic rings. The Kier molecular flexibility index (Phi) is 4.49. The monoisotopic (exact) mass is 283 g/mol. The van der Waals surface area contributed by atoms with Gasteiger partial charge in [-0.2, -0.15) is 0 Å². The second kappa shape index (κ2) is 5.97. The summed E-state index contributed by atoms with van der Waals surface area (Å²) < 4.78 is 0. The molecule has 0 aromatic rings. The van der Waals surface area contributed by atoms with Crippen molar-refractivity contribution in [3.63, 3.8) is 0 Å². The summed E-state index contributed by atoms with van der Waals surface area (Å²) in [5.41, 5.74) is 5.12. The third-order valence-electron chi connectivity index (χ3n) is 4.42. The van der Waals surface area contributed by atoms with Gasteiger partial charge >= 0.3 is 6.03 Å². The lowest BCUT2D eigenvalue weighted by Crippen LogP contribution is -2.66. The van der Waals surface area contributed by atoms with Gasteiger partial charge in [0.25, 0.3) is 0 Å². The smallest absolute Gasteiger partial charge is 0.319 e. The minimum absolute atomic E-state index is 0.00313. The number of primary amides is 1. The Hall–Kier alpha value is -1.34. The Morgan fingerprint density at radius 1 is 1.10 bits per heavy atom. The fourth-order valence-electron chi connectivity index (χ4n) is 3.16. The quantitative estimate of drug-likeness (QED) is 0.673. The van der Waals surface area contributed by atoms with E-state index in [1.54, 1.807) is 23.9 Å². The maximum atomic E-state index is 12.0. The van der Waals surface area contributed by atoms with Gasteiger partial charge < -0.3 is 20.9 Å². The highest BCUT2D eigenvalue weighted by atomic mass is 16.2. The van der Waals surface area contributed by atoms with Gasteiger partial charge in [-0.15, -0.1) is 0 Å². The molecule has 3 N–H and O–H groups in total. The first-order valence-corrected chi connectivity index (χ1v) is 7.19. The molecular formula is C13H25N5O2. The number of carbonyl (C=O) groups is 2. The molecule has 20 heavy (non-hydrogen) atoms. The second-order valence-electron chi connectivity index (χ2n) is 5.80. The van der Waals surface area contributed by atoms with E-state index in [1.165, 1.54) is 0 Å². The van der Waals surface area contributed by atoms with Crippen LogP contribution in [0.1, 0.15) is 12.8 Å². The first-order chi connectivity index (χ1) is 9.47. The molecule has 3 amide bonds. The molecule has 0 spiro atoms. The summed E-state index contributed by atoms with van der Waals surface area (Å²) in [7, 11) is 3.49. The maximum absolute atomic E-state index is 12.0. The maximum Gasteiger partial charge on any atom is 0.319 e. The first-order valence-electron chi connectivity index (χ1n) is 7.19. The largest absolute Gasteiger partial charge is 0.368 e. The minimum Gasteiger partial charge on any atom is -0.368 e. The van der Waals surface area contributed by atoms with Crippen molar-refractivity contribution in [2.75, 3.05) is 53.4 Å². The van der Waals surface area contributed by atoms with Crippen LogP contribution in [0.3, 0.4) is 0 Å². The number of nitrogens with two attached hydrogens (primary N) is 1. The van der Waals surface area contributed by atoms with Gasteiger partial charge in [0.15, 0.2) is 0 Å². The number of amides is 3. The lowest BCUT2D eigenvalue weighted by Gasteiger charge is -2.48. The molecule has 0 aromatic carbocycles. The van der Waals surface area contributed by atoms with Crippen molar-refractivity contribution in [3.05, 3.63) is 0 Å². The van der Waals surface area contributed by atoms with Crippen molar-refractivity contribution in [2.24, 2.45) is 5.73 Å². The van der Waals surface area contributed by atoms with E-state index < -0.39 is 5.54 Å². The molecule has 7 nitrogen and oxygen atoms in total. The van der Waals surface area contributed by atoms with Gasteiger partial charge in [-0.3, -0.25) is 9.69 Å². The highest BCUT2D eigenvalue weighted by Crippen LogP contribution is 2.29. The molecule has 0 unspecified atom stereocenters. The molecule has 0 atom stereocenters. The summed E-state index contributed by atoms with van der Waals surface area (Å²) in [6.07, 6.45) is 1.25. The van der Waals surface area contributed by atoms with E-state index in [1.807, 2.05) is 0 Å². The highest BCUT2D eigenvalue weighted by molar-refractivity contribution is 5.85. The predicted molar refractivity (Wildman–Crippen MR) is 76.3 cm³/mol. The van der Waals surface area contributed by atoms with Crippen molar-refractivity contribution in [1.82, 2.24) is 20.0 Å². The van der Waals surface area contributed by atoms with Crippen LogP contribution in [0.15, 0.2) is 0 Å². The number of nitrogens with zero attached hydrogens (tertiary/aromatic N) is 3. The molecular weight excluding hydrogens is 258 g/mol. The molecule has 0 aromatic heterocycles. The molecule has 7 heteroatoms. The van der Waals surface area contributed by atoms with E-state index in [0.29, 0.717) is 25.9 Å². The number of carbonyl (C=O) groups excluding carboxylic acids is 2. The molecule has 2 heterocycles. The van der Waals surface area contributed by atoms with Crippen LogP contribution in [0.5, 0.6) is 0 Å². The molecule has 0 aliphatic carbocycles. The number of rotatable bonds is 2. The zero-order chi connectivity index (χ0) is 14.8. The molecule has 2 rings (SSSR count). The van der Waals surface area contributed by atoms with E-state index in [2.05, 4.69) is 10.2 Å². The molecule has 2 fully saturated rings. The Labute approximate surface area is 120 Å². The Bertz CT molecular complexity index is 371. The van der Waals surface area contributed by atoms with Crippen LogP contribution in [-0.4, -0.2) is 85.5 Å². The zero-order valence-corrected chi connectivity index (χ0v) is 12.4. The zero-order valence-electron chi connectivity index (χ0n) is 12.4. The van der Waals surface area contributed by atoms with Crippen LogP contribution in [0.25, 0.3) is 0 Å². The standard InChI is InChI=1S/C13H25N5O2/c1-16(2)12(20)17-7-3-13(4-8-17,11(14)19)18-9-5-15-6-10-18/h15H,3-10H2,1-2H3,(H2,14,19). The van der Waals surface area contributed by atoms with Crippen LogP contribution >= 0.6 is 0 Å². The van der Waals surface area contributed by atoms with E-state index in [-0.39, 0.29) is 11.9 Å². The number of nitrogens with one attached hydrogen (secondary N) is 1. The number of hydrogen-bond donors (Lipinski definition) is 2. The molecule has 0 saturated carbocycles. The van der Waals surface area contributed by atoms with Gasteiger partial charge in [0.2, 0.25) is 5.91 Å². The molecule has 2 aliphatic heterocycles. The van der Waals surface area contributed by atoms with Crippen molar-refractivity contribution in [1.29, 1.82) is 0 Å². The average Bonchev–Trinajstić information content (AvgIpc) is 2.47. The first kappa shape index (κ1) is 15.1. The van der Waals surface area contributed by atoms with E-state index in [4.69, 9.17) is 5.73 Å². The highest BCUT2D eigenvalue weighted by Gasteiger charge is 2.45. The van der Waals surface area contributed by atoms with Gasteiger partial charge in [-0.05, 0) is 12.8 Å². The average molecular weight is 283 g/mol. The fourth-order valence-corrected chi connectivity index (χ4v) is 3.16. The van der Waals surface area contributed by atoms with E-state index in [0.717, 1.165) is 26.2 Å². The Balaban J connectivity index is 2.06. The van der Waals surface area contributed by atoms with Gasteiger partial charge in [-0.25, -0.2) is 4.79 Å². The third-order valence-corrected chi connectivity index (χ3v) is 4.42. The number of likely N-dealkylation sites (tertiary alicyclic amines) is 1. The predicted octanol–water partition coefficient (Wildman–Crippen LogP) is -1.11. The fraction of sp³-hybridized carbons (Fsp3) is 0.846. The van der Waals surface area contributed by atoms with Crippen LogP contribution in [0.2, 0.25) is 0 Å². The summed E-state index contributed by atoms with van der Waals surface area (Å²) in [6, 6.07) is 0.00313. The normalized spacial score (nSPS) is 23.4. The van der Waals surface area contributed by atoms with Gasteiger partial charge in [0.05, 0.1) is 0 Å². The van der Waals surface area contributed by atoms with Crippen LogP contribution in [0.4, 0.5) is 4.79 Å². The van der Waals surface area contributed by atoms with E-state index in [9.17, 15) is 9.59 Å². The lowest BCUT2D eigenvalue weighted by molar-refractivity contribution is -0.134. The number of urea groups is 1. The van der Waals surface area contributed by atoms with E-state index >= 15 is 0 Å². The SMILES string of the molecule is CN(C)C(=O)N1CCC(C(N)=O)(N2CCNCC2)CC1. The van der Waals surface area contributed by atoms with Gasteiger partial charge in [-0.1, -0.05) is 0 Å². The number of piperazine rings is 1. The Morgan fingerprint density at radius 2 is 1.65 bits per heavy atom. The van der Waals surface area contributed by atoms with Crippen LogP contribution in [0, 0.1) is 0 Å². The van der Waals surface area contributed by atoms with Gasteiger partial charge in [0, 0.05) is 53.4 Å².